The van der Waals surface area contributed by atoms with Gasteiger partial charge in [-0.05, 0) is 30.3 Å². The van der Waals surface area contributed by atoms with E-state index in [2.05, 4.69) is 15.0 Å². The molecule has 88 valence electrons. The molecule has 18 heavy (non-hydrogen) atoms. The number of nitrogens with two attached hydrogens (primary N) is 1. The second-order valence-corrected chi connectivity index (χ2v) is 4.64. The molecular weight excluding hydrogens is 244 g/mol. The summed E-state index contributed by atoms with van der Waals surface area (Å²) < 4.78 is 0. The average Bonchev–Trinajstić information content (AvgIpc) is 2.94. The van der Waals surface area contributed by atoms with E-state index in [1.165, 1.54) is 0 Å². The molecule has 0 aliphatic carbocycles. The van der Waals surface area contributed by atoms with Crippen LogP contribution in [0.25, 0.3) is 22.0 Å². The fourth-order valence-corrected chi connectivity index (χ4v) is 2.20. The van der Waals surface area contributed by atoms with Gasteiger partial charge in [-0.1, -0.05) is 0 Å². The third-order valence-electron chi connectivity index (χ3n) is 2.51. The molecule has 1 aromatic carbocycles. The van der Waals surface area contributed by atoms with E-state index in [0.717, 1.165) is 21.8 Å². The maximum Gasteiger partial charge on any atom is 0.159 e. The number of anilines is 1. The second kappa shape index (κ2) is 4.54. The summed E-state index contributed by atoms with van der Waals surface area (Å²) in [6, 6.07) is 9.41. The standard InChI is InChI=1S/C13H10N4S/c14-10-3-1-9(2-4-10)13-16-6-5-11(17-13)12-7-15-8-18-12/h1-8H,14H2. The first-order valence-corrected chi connectivity index (χ1v) is 6.29. The van der Waals surface area contributed by atoms with Crippen LogP contribution in [-0.2, 0) is 0 Å². The van der Waals surface area contributed by atoms with Crippen LogP contribution < -0.4 is 5.73 Å². The number of nitrogens with zero attached hydrogens (tertiary/aromatic N) is 3. The number of thiazole rings is 1. The van der Waals surface area contributed by atoms with Crippen LogP contribution in [0, 0.1) is 0 Å². The average molecular weight is 254 g/mol. The predicted octanol–water partition coefficient (Wildman–Crippen LogP) is 2.85. The zero-order valence-electron chi connectivity index (χ0n) is 9.45. The Morgan fingerprint density at radius 1 is 1.06 bits per heavy atom. The second-order valence-electron chi connectivity index (χ2n) is 3.75. The molecule has 5 heteroatoms. The lowest BCUT2D eigenvalue weighted by Gasteiger charge is -2.02. The summed E-state index contributed by atoms with van der Waals surface area (Å²) in [6.07, 6.45) is 3.56. The van der Waals surface area contributed by atoms with Crippen molar-refractivity contribution in [1.29, 1.82) is 0 Å². The third kappa shape index (κ3) is 2.08. The van der Waals surface area contributed by atoms with Crippen molar-refractivity contribution in [2.75, 3.05) is 5.73 Å². The lowest BCUT2D eigenvalue weighted by molar-refractivity contribution is 1.18. The number of benzene rings is 1. The smallest absolute Gasteiger partial charge is 0.159 e. The Labute approximate surface area is 108 Å². The van der Waals surface area contributed by atoms with Crippen LogP contribution in [-0.4, -0.2) is 15.0 Å². The van der Waals surface area contributed by atoms with Crippen LogP contribution >= 0.6 is 11.3 Å². The molecule has 3 rings (SSSR count). The summed E-state index contributed by atoms with van der Waals surface area (Å²) in [4.78, 5) is 13.9. The molecule has 0 unspecified atom stereocenters. The van der Waals surface area contributed by atoms with Gasteiger partial charge in [0.2, 0.25) is 0 Å². The van der Waals surface area contributed by atoms with Crippen molar-refractivity contribution in [3.63, 3.8) is 0 Å². The highest BCUT2D eigenvalue weighted by Gasteiger charge is 2.05. The van der Waals surface area contributed by atoms with E-state index in [0.29, 0.717) is 5.82 Å². The lowest BCUT2D eigenvalue weighted by atomic mass is 10.2. The minimum Gasteiger partial charge on any atom is -0.399 e. The molecule has 0 amide bonds. The largest absolute Gasteiger partial charge is 0.399 e. The van der Waals surface area contributed by atoms with Crippen LogP contribution in [0.4, 0.5) is 5.69 Å². The predicted molar refractivity (Wildman–Crippen MR) is 73.0 cm³/mol. The highest BCUT2D eigenvalue weighted by molar-refractivity contribution is 7.13. The maximum absolute atomic E-state index is 5.66. The zero-order chi connectivity index (χ0) is 12.4. The first-order chi connectivity index (χ1) is 8.83. The van der Waals surface area contributed by atoms with Gasteiger partial charge in [0, 0.05) is 23.6 Å². The first kappa shape index (κ1) is 10.9. The normalized spacial score (nSPS) is 10.4. The number of aromatic nitrogens is 3. The number of nitrogen functional groups attached to an aromatic ring is 1. The van der Waals surface area contributed by atoms with E-state index in [1.54, 1.807) is 29.2 Å². The van der Waals surface area contributed by atoms with E-state index in [9.17, 15) is 0 Å². The van der Waals surface area contributed by atoms with Crippen molar-refractivity contribution in [2.24, 2.45) is 0 Å². The Morgan fingerprint density at radius 2 is 1.89 bits per heavy atom. The molecule has 0 saturated heterocycles. The monoisotopic (exact) mass is 254 g/mol. The zero-order valence-corrected chi connectivity index (χ0v) is 10.3. The van der Waals surface area contributed by atoms with Crippen LogP contribution in [0.3, 0.4) is 0 Å². The van der Waals surface area contributed by atoms with E-state index < -0.39 is 0 Å². The summed E-state index contributed by atoms with van der Waals surface area (Å²) in [6.45, 7) is 0. The minimum absolute atomic E-state index is 0.695. The Hall–Kier alpha value is -2.27. The van der Waals surface area contributed by atoms with Crippen molar-refractivity contribution < 1.29 is 0 Å². The lowest BCUT2D eigenvalue weighted by Crippen LogP contribution is -1.91. The van der Waals surface area contributed by atoms with Gasteiger partial charge in [0.05, 0.1) is 16.1 Å². The van der Waals surface area contributed by atoms with E-state index in [4.69, 9.17) is 5.73 Å². The fourth-order valence-electron chi connectivity index (χ4n) is 1.61. The van der Waals surface area contributed by atoms with Crippen LogP contribution in [0.15, 0.2) is 48.2 Å². The van der Waals surface area contributed by atoms with Gasteiger partial charge in [0.15, 0.2) is 5.82 Å². The molecule has 0 aliphatic rings. The minimum atomic E-state index is 0.695. The molecule has 2 N–H and O–H groups in total. The Bertz CT molecular complexity index is 647. The Morgan fingerprint density at radius 3 is 2.61 bits per heavy atom. The van der Waals surface area contributed by atoms with Crippen molar-refractivity contribution >= 4 is 17.0 Å². The molecule has 0 radical (unpaired) electrons. The summed E-state index contributed by atoms with van der Waals surface area (Å²) >= 11 is 1.56. The molecule has 0 bridgehead atoms. The fraction of sp³-hybridized carbons (Fsp3) is 0. The molecule has 2 aromatic heterocycles. The van der Waals surface area contributed by atoms with Gasteiger partial charge in [-0.3, -0.25) is 4.98 Å². The van der Waals surface area contributed by atoms with E-state index in [-0.39, 0.29) is 0 Å². The highest BCUT2D eigenvalue weighted by atomic mass is 32.1. The van der Waals surface area contributed by atoms with Crippen molar-refractivity contribution in [2.45, 2.75) is 0 Å². The van der Waals surface area contributed by atoms with Gasteiger partial charge in [0.1, 0.15) is 0 Å². The molecular formula is C13H10N4S. The maximum atomic E-state index is 5.66. The summed E-state index contributed by atoms with van der Waals surface area (Å²) in [5, 5.41) is 0. The van der Waals surface area contributed by atoms with Gasteiger partial charge in [-0.25, -0.2) is 9.97 Å². The van der Waals surface area contributed by atoms with E-state index in [1.807, 2.05) is 30.3 Å². The molecule has 0 aliphatic heterocycles. The molecule has 3 aromatic rings. The molecule has 0 saturated carbocycles. The summed E-state index contributed by atoms with van der Waals surface area (Å²) in [5.74, 6) is 0.695. The highest BCUT2D eigenvalue weighted by Crippen LogP contribution is 2.23. The van der Waals surface area contributed by atoms with Gasteiger partial charge < -0.3 is 5.73 Å². The third-order valence-corrected chi connectivity index (χ3v) is 3.30. The SMILES string of the molecule is Nc1ccc(-c2nccc(-c3cncs3)n2)cc1. The topological polar surface area (TPSA) is 64.7 Å². The number of hydrogen-bond acceptors (Lipinski definition) is 5. The van der Waals surface area contributed by atoms with Crippen molar-refractivity contribution in [3.8, 4) is 22.0 Å². The molecule has 0 fully saturated rings. The molecule has 4 nitrogen and oxygen atoms in total. The Kier molecular flexibility index (Phi) is 2.74. The summed E-state index contributed by atoms with van der Waals surface area (Å²) in [7, 11) is 0. The Balaban J connectivity index is 2.03. The number of rotatable bonds is 2. The van der Waals surface area contributed by atoms with Crippen molar-refractivity contribution in [1.82, 2.24) is 15.0 Å². The van der Waals surface area contributed by atoms with E-state index >= 15 is 0 Å². The number of hydrogen-bond donors (Lipinski definition) is 1. The molecule has 2 heterocycles. The molecule has 0 atom stereocenters. The van der Waals surface area contributed by atoms with Gasteiger partial charge in [0.25, 0.3) is 0 Å². The summed E-state index contributed by atoms with van der Waals surface area (Å²) in [5.41, 5.74) is 10.0. The van der Waals surface area contributed by atoms with Gasteiger partial charge in [-0.2, -0.15) is 0 Å². The van der Waals surface area contributed by atoms with Crippen molar-refractivity contribution in [3.05, 3.63) is 48.2 Å². The van der Waals surface area contributed by atoms with Gasteiger partial charge in [-0.15, -0.1) is 11.3 Å². The van der Waals surface area contributed by atoms with Crippen LogP contribution in [0.1, 0.15) is 0 Å². The van der Waals surface area contributed by atoms with Crippen LogP contribution in [0.5, 0.6) is 0 Å². The quantitative estimate of drug-likeness (QED) is 0.714. The van der Waals surface area contributed by atoms with Gasteiger partial charge >= 0.3 is 0 Å². The molecule has 0 spiro atoms. The first-order valence-electron chi connectivity index (χ1n) is 5.41. The van der Waals surface area contributed by atoms with Crippen LogP contribution in [0.2, 0.25) is 0 Å².